The van der Waals surface area contributed by atoms with Crippen LogP contribution in [0.2, 0.25) is 0 Å². The van der Waals surface area contributed by atoms with E-state index in [2.05, 4.69) is 25.3 Å². The van der Waals surface area contributed by atoms with Crippen LogP contribution in [0.1, 0.15) is 57.7 Å². The van der Waals surface area contributed by atoms with E-state index in [1.54, 1.807) is 18.5 Å². The molecule has 10 heteroatoms. The second-order valence-electron chi connectivity index (χ2n) is 10.0. The zero-order chi connectivity index (χ0) is 25.4. The summed E-state index contributed by atoms with van der Waals surface area (Å²) < 4.78 is 5.65. The standard InChI is InChI=1S/C25H31N5O4S/c1-14(2)34-20-7-9-26-23(30-20)29-16-10-15(3)28-18(11-16)19-12-27-22(35-19)25(33)8-6-17(21(31)32)24(4,5)13-25/h7,9-12,14,17,33H,6,8,13H2,1-5H3,(H,31,32)(H,26,28,29,30). The third-order valence-corrected chi connectivity index (χ3v) is 7.40. The van der Waals surface area contributed by atoms with Crippen molar-refractivity contribution in [3.8, 4) is 16.5 Å². The third-order valence-electron chi connectivity index (χ3n) is 6.19. The molecule has 2 unspecified atom stereocenters. The van der Waals surface area contributed by atoms with Crippen molar-refractivity contribution in [2.45, 2.75) is 65.6 Å². The van der Waals surface area contributed by atoms with Crippen molar-refractivity contribution < 1.29 is 19.7 Å². The Morgan fingerprint density at radius 3 is 2.71 bits per heavy atom. The van der Waals surface area contributed by atoms with Gasteiger partial charge in [-0.3, -0.25) is 9.78 Å². The summed E-state index contributed by atoms with van der Waals surface area (Å²) in [6, 6.07) is 5.50. The lowest BCUT2D eigenvalue weighted by Crippen LogP contribution is -2.44. The fourth-order valence-electron chi connectivity index (χ4n) is 4.69. The molecule has 0 saturated heterocycles. The van der Waals surface area contributed by atoms with Gasteiger partial charge >= 0.3 is 5.97 Å². The predicted octanol–water partition coefficient (Wildman–Crippen LogP) is 4.93. The van der Waals surface area contributed by atoms with E-state index in [1.807, 2.05) is 46.8 Å². The Balaban J connectivity index is 1.57. The first-order valence-electron chi connectivity index (χ1n) is 11.6. The predicted molar refractivity (Wildman–Crippen MR) is 134 cm³/mol. The van der Waals surface area contributed by atoms with E-state index in [1.165, 1.54) is 11.3 Å². The number of aliphatic hydroxyl groups is 1. The summed E-state index contributed by atoms with van der Waals surface area (Å²) in [5.41, 5.74) is 0.584. The van der Waals surface area contributed by atoms with Gasteiger partial charge in [0.15, 0.2) is 0 Å². The maximum absolute atomic E-state index is 11.6. The zero-order valence-electron chi connectivity index (χ0n) is 20.6. The van der Waals surface area contributed by atoms with Gasteiger partial charge < -0.3 is 20.3 Å². The molecule has 1 aliphatic rings. The van der Waals surface area contributed by atoms with E-state index in [0.717, 1.165) is 16.3 Å². The summed E-state index contributed by atoms with van der Waals surface area (Å²) in [6.07, 6.45) is 4.47. The monoisotopic (exact) mass is 497 g/mol. The Morgan fingerprint density at radius 1 is 1.26 bits per heavy atom. The Morgan fingerprint density at radius 2 is 2.03 bits per heavy atom. The highest BCUT2D eigenvalue weighted by Gasteiger charge is 2.49. The van der Waals surface area contributed by atoms with Crippen LogP contribution in [0.15, 0.2) is 30.6 Å². The second kappa shape index (κ2) is 9.50. The van der Waals surface area contributed by atoms with Crippen molar-refractivity contribution in [1.29, 1.82) is 0 Å². The minimum absolute atomic E-state index is 0.00705. The van der Waals surface area contributed by atoms with Gasteiger partial charge in [0.2, 0.25) is 11.8 Å². The van der Waals surface area contributed by atoms with Crippen LogP contribution < -0.4 is 10.1 Å². The molecular weight excluding hydrogens is 466 g/mol. The number of nitrogens with zero attached hydrogens (tertiary/aromatic N) is 4. The highest BCUT2D eigenvalue weighted by Crippen LogP contribution is 2.50. The molecule has 0 spiro atoms. The molecule has 0 aliphatic heterocycles. The highest BCUT2D eigenvalue weighted by molar-refractivity contribution is 7.15. The van der Waals surface area contributed by atoms with Crippen LogP contribution in [0.4, 0.5) is 11.6 Å². The molecule has 4 rings (SSSR count). The van der Waals surface area contributed by atoms with Crippen LogP contribution in [-0.2, 0) is 10.4 Å². The zero-order valence-corrected chi connectivity index (χ0v) is 21.4. The summed E-state index contributed by atoms with van der Waals surface area (Å²) >= 11 is 1.38. The van der Waals surface area contributed by atoms with E-state index >= 15 is 0 Å². The number of carboxylic acid groups (broad SMARTS) is 1. The molecule has 0 radical (unpaired) electrons. The van der Waals surface area contributed by atoms with Gasteiger partial charge in [0.1, 0.15) is 10.6 Å². The third kappa shape index (κ3) is 5.59. The number of hydrogen-bond donors (Lipinski definition) is 3. The molecule has 3 heterocycles. The van der Waals surface area contributed by atoms with Crippen molar-refractivity contribution in [2.75, 3.05) is 5.32 Å². The molecular formula is C25H31N5O4S. The fraction of sp³-hybridized carbons (Fsp3) is 0.480. The Hall–Kier alpha value is -3.11. The topological polar surface area (TPSA) is 130 Å². The fourth-order valence-corrected chi connectivity index (χ4v) is 5.69. The minimum Gasteiger partial charge on any atom is -0.481 e. The van der Waals surface area contributed by atoms with Crippen molar-refractivity contribution >= 4 is 28.9 Å². The molecule has 0 amide bonds. The average Bonchev–Trinajstić information content (AvgIpc) is 3.23. The van der Waals surface area contributed by atoms with Gasteiger partial charge in [0.25, 0.3) is 0 Å². The summed E-state index contributed by atoms with van der Waals surface area (Å²) in [4.78, 5) is 30.3. The molecule has 186 valence electrons. The van der Waals surface area contributed by atoms with Crippen molar-refractivity contribution in [3.63, 3.8) is 0 Å². The first-order chi connectivity index (χ1) is 16.4. The SMILES string of the molecule is Cc1cc(Nc2nccc(OC(C)C)n2)cc(-c2cnc(C3(O)CCC(C(=O)O)C(C)(C)C3)s2)n1. The van der Waals surface area contributed by atoms with Crippen molar-refractivity contribution in [2.24, 2.45) is 11.3 Å². The van der Waals surface area contributed by atoms with Crippen LogP contribution >= 0.6 is 11.3 Å². The summed E-state index contributed by atoms with van der Waals surface area (Å²) in [7, 11) is 0. The van der Waals surface area contributed by atoms with E-state index in [0.29, 0.717) is 41.8 Å². The van der Waals surface area contributed by atoms with Gasteiger partial charge in [-0.1, -0.05) is 13.8 Å². The number of ether oxygens (including phenoxy) is 1. The number of anilines is 2. The molecule has 1 fully saturated rings. The first kappa shape index (κ1) is 25.0. The van der Waals surface area contributed by atoms with E-state index in [9.17, 15) is 15.0 Å². The highest BCUT2D eigenvalue weighted by atomic mass is 32.1. The largest absolute Gasteiger partial charge is 0.481 e. The normalized spacial score (nSPS) is 21.6. The molecule has 0 bridgehead atoms. The van der Waals surface area contributed by atoms with Crippen molar-refractivity contribution in [1.82, 2.24) is 19.9 Å². The average molecular weight is 498 g/mol. The number of pyridine rings is 1. The molecule has 35 heavy (non-hydrogen) atoms. The van der Waals surface area contributed by atoms with Gasteiger partial charge in [-0.2, -0.15) is 4.98 Å². The molecule has 3 N–H and O–H groups in total. The van der Waals surface area contributed by atoms with Crippen LogP contribution in [0.5, 0.6) is 5.88 Å². The summed E-state index contributed by atoms with van der Waals surface area (Å²) in [6.45, 7) is 9.57. The number of aryl methyl sites for hydroxylation is 1. The van der Waals surface area contributed by atoms with Gasteiger partial charge in [0, 0.05) is 29.8 Å². The maximum atomic E-state index is 11.6. The minimum atomic E-state index is -1.16. The maximum Gasteiger partial charge on any atom is 0.307 e. The molecule has 3 aromatic heterocycles. The van der Waals surface area contributed by atoms with Gasteiger partial charge in [-0.15, -0.1) is 11.3 Å². The molecule has 9 nitrogen and oxygen atoms in total. The van der Waals surface area contributed by atoms with Crippen LogP contribution in [0, 0.1) is 18.3 Å². The second-order valence-corrected chi connectivity index (χ2v) is 11.1. The van der Waals surface area contributed by atoms with Crippen LogP contribution in [0.25, 0.3) is 10.6 Å². The summed E-state index contributed by atoms with van der Waals surface area (Å²) in [5.74, 6) is -0.395. The molecule has 1 saturated carbocycles. The molecule has 3 aromatic rings. The lowest BCUT2D eigenvalue weighted by Gasteiger charge is -2.44. The Kier molecular flexibility index (Phi) is 6.79. The smallest absolute Gasteiger partial charge is 0.307 e. The van der Waals surface area contributed by atoms with Crippen LogP contribution in [0.3, 0.4) is 0 Å². The number of nitrogens with one attached hydrogen (secondary N) is 1. The lowest BCUT2D eigenvalue weighted by atomic mass is 9.63. The molecule has 0 aromatic carbocycles. The van der Waals surface area contributed by atoms with E-state index in [4.69, 9.17) is 4.74 Å². The van der Waals surface area contributed by atoms with Gasteiger partial charge in [0.05, 0.1) is 22.6 Å². The Bertz CT molecular complexity index is 1230. The van der Waals surface area contributed by atoms with Gasteiger partial charge in [-0.05, 0) is 57.6 Å². The lowest BCUT2D eigenvalue weighted by molar-refractivity contribution is -0.154. The number of carboxylic acids is 1. The Labute approximate surface area is 208 Å². The first-order valence-corrected chi connectivity index (χ1v) is 12.4. The molecule has 2 atom stereocenters. The van der Waals surface area contributed by atoms with Crippen molar-refractivity contribution in [3.05, 3.63) is 41.3 Å². The van der Waals surface area contributed by atoms with Crippen LogP contribution in [-0.4, -0.2) is 42.2 Å². The number of hydrogen-bond acceptors (Lipinski definition) is 9. The number of rotatable bonds is 7. The number of carbonyl (C=O) groups is 1. The van der Waals surface area contributed by atoms with Gasteiger partial charge in [-0.25, -0.2) is 9.97 Å². The number of thiazole rings is 1. The summed E-state index contributed by atoms with van der Waals surface area (Å²) in [5, 5.41) is 24.8. The number of aromatic nitrogens is 4. The quantitative estimate of drug-likeness (QED) is 0.416. The van der Waals surface area contributed by atoms with E-state index in [-0.39, 0.29) is 6.10 Å². The number of aliphatic carboxylic acids is 1. The molecule has 1 aliphatic carbocycles. The van der Waals surface area contributed by atoms with E-state index < -0.39 is 22.9 Å².